The molecule has 0 saturated heterocycles. The molecule has 0 heterocycles. The van der Waals surface area contributed by atoms with E-state index in [1.165, 1.54) is 12.8 Å². The van der Waals surface area contributed by atoms with Crippen LogP contribution in [0.1, 0.15) is 31.2 Å². The molecule has 1 fully saturated rings. The van der Waals surface area contributed by atoms with Gasteiger partial charge in [0.1, 0.15) is 12.3 Å². The van der Waals surface area contributed by atoms with Crippen molar-refractivity contribution < 1.29 is 9.53 Å². The predicted molar refractivity (Wildman–Crippen MR) is 71.7 cm³/mol. The van der Waals surface area contributed by atoms with Gasteiger partial charge in [-0.25, -0.2) is 0 Å². The standard InChI is InChI=1S/C15H18N2O2/c16-9-10-17-15(18)11-12-5-7-14(8-6-12)19-13-3-1-2-4-13/h5-8,13H,1-4,10-11H2,(H,17,18). The van der Waals surface area contributed by atoms with Gasteiger partial charge in [0.25, 0.3) is 0 Å². The summed E-state index contributed by atoms with van der Waals surface area (Å²) in [6, 6.07) is 9.50. The van der Waals surface area contributed by atoms with Crippen LogP contribution in [0.15, 0.2) is 24.3 Å². The molecule has 4 nitrogen and oxygen atoms in total. The Labute approximate surface area is 113 Å². The molecule has 0 bridgehead atoms. The number of carbonyl (C=O) groups excluding carboxylic acids is 1. The summed E-state index contributed by atoms with van der Waals surface area (Å²) in [5.41, 5.74) is 0.925. The van der Waals surface area contributed by atoms with Gasteiger partial charge in [0.2, 0.25) is 5.91 Å². The molecule has 0 aliphatic heterocycles. The highest BCUT2D eigenvalue weighted by molar-refractivity contribution is 5.78. The van der Waals surface area contributed by atoms with Gasteiger partial charge in [-0.05, 0) is 43.4 Å². The molecular weight excluding hydrogens is 240 g/mol. The fraction of sp³-hybridized carbons (Fsp3) is 0.467. The summed E-state index contributed by atoms with van der Waals surface area (Å²) in [6.07, 6.45) is 5.43. The first-order valence-electron chi connectivity index (χ1n) is 6.67. The summed E-state index contributed by atoms with van der Waals surface area (Å²) in [5.74, 6) is 0.735. The summed E-state index contributed by atoms with van der Waals surface area (Å²) < 4.78 is 5.86. The molecule has 19 heavy (non-hydrogen) atoms. The maximum absolute atomic E-state index is 11.4. The van der Waals surface area contributed by atoms with Gasteiger partial charge >= 0.3 is 0 Å². The third kappa shape index (κ3) is 4.29. The number of amides is 1. The fourth-order valence-electron chi connectivity index (χ4n) is 2.27. The SMILES string of the molecule is N#CCNC(=O)Cc1ccc(OC2CCCC2)cc1. The topological polar surface area (TPSA) is 62.1 Å². The van der Waals surface area contributed by atoms with Crippen LogP contribution in [0.25, 0.3) is 0 Å². The lowest BCUT2D eigenvalue weighted by Gasteiger charge is -2.13. The van der Waals surface area contributed by atoms with Crippen LogP contribution >= 0.6 is 0 Å². The smallest absolute Gasteiger partial charge is 0.225 e. The predicted octanol–water partition coefficient (Wildman–Crippen LogP) is 2.19. The van der Waals surface area contributed by atoms with Gasteiger partial charge in [-0.3, -0.25) is 4.79 Å². The Morgan fingerprint density at radius 3 is 2.63 bits per heavy atom. The van der Waals surface area contributed by atoms with E-state index in [2.05, 4.69) is 5.32 Å². The number of hydrogen-bond donors (Lipinski definition) is 1. The Kier molecular flexibility index (Phi) is 4.79. The third-order valence-corrected chi connectivity index (χ3v) is 3.26. The number of ether oxygens (including phenoxy) is 1. The minimum atomic E-state index is -0.133. The lowest BCUT2D eigenvalue weighted by Crippen LogP contribution is -2.25. The van der Waals surface area contributed by atoms with Gasteiger partial charge in [-0.1, -0.05) is 12.1 Å². The zero-order chi connectivity index (χ0) is 13.5. The van der Waals surface area contributed by atoms with E-state index in [0.717, 1.165) is 24.2 Å². The zero-order valence-electron chi connectivity index (χ0n) is 10.9. The minimum absolute atomic E-state index is 0.0573. The molecule has 1 amide bonds. The second kappa shape index (κ2) is 6.79. The van der Waals surface area contributed by atoms with E-state index in [1.807, 2.05) is 30.3 Å². The maximum atomic E-state index is 11.4. The molecule has 0 spiro atoms. The Morgan fingerprint density at radius 1 is 1.32 bits per heavy atom. The van der Waals surface area contributed by atoms with Crippen molar-refractivity contribution in [3.05, 3.63) is 29.8 Å². The van der Waals surface area contributed by atoms with Crippen molar-refractivity contribution in [3.63, 3.8) is 0 Å². The van der Waals surface area contributed by atoms with Crippen molar-refractivity contribution >= 4 is 5.91 Å². The van der Waals surface area contributed by atoms with E-state index >= 15 is 0 Å². The summed E-state index contributed by atoms with van der Waals surface area (Å²) in [6.45, 7) is 0.0573. The lowest BCUT2D eigenvalue weighted by molar-refractivity contribution is -0.120. The van der Waals surface area contributed by atoms with Crippen LogP contribution < -0.4 is 10.1 Å². The molecule has 1 aliphatic carbocycles. The number of rotatable bonds is 5. The molecule has 1 aromatic carbocycles. The number of benzene rings is 1. The average Bonchev–Trinajstić information content (AvgIpc) is 2.91. The van der Waals surface area contributed by atoms with Crippen LogP contribution in [0.5, 0.6) is 5.75 Å². The number of hydrogen-bond acceptors (Lipinski definition) is 3. The highest BCUT2D eigenvalue weighted by atomic mass is 16.5. The molecule has 0 unspecified atom stereocenters. The average molecular weight is 258 g/mol. The van der Waals surface area contributed by atoms with Gasteiger partial charge in [0.15, 0.2) is 0 Å². The number of nitrogens with one attached hydrogen (secondary N) is 1. The highest BCUT2D eigenvalue weighted by Crippen LogP contribution is 2.24. The van der Waals surface area contributed by atoms with Crippen LogP contribution in [0.2, 0.25) is 0 Å². The molecule has 1 saturated carbocycles. The molecular formula is C15H18N2O2. The van der Waals surface area contributed by atoms with Crippen molar-refractivity contribution in [2.75, 3.05) is 6.54 Å². The molecule has 1 aliphatic rings. The summed E-state index contributed by atoms with van der Waals surface area (Å²) in [4.78, 5) is 11.4. The summed E-state index contributed by atoms with van der Waals surface area (Å²) in [5, 5.41) is 10.9. The van der Waals surface area contributed by atoms with E-state index in [4.69, 9.17) is 10.00 Å². The first-order chi connectivity index (χ1) is 9.28. The highest BCUT2D eigenvalue weighted by Gasteiger charge is 2.16. The second-order valence-corrected chi connectivity index (χ2v) is 4.78. The van der Waals surface area contributed by atoms with Crippen LogP contribution in [0.3, 0.4) is 0 Å². The second-order valence-electron chi connectivity index (χ2n) is 4.78. The Bertz CT molecular complexity index is 456. The molecule has 1 aromatic rings. The molecule has 0 radical (unpaired) electrons. The lowest BCUT2D eigenvalue weighted by atomic mass is 10.1. The van der Waals surface area contributed by atoms with Gasteiger partial charge in [0, 0.05) is 0 Å². The minimum Gasteiger partial charge on any atom is -0.490 e. The Balaban J connectivity index is 1.84. The molecule has 1 N–H and O–H groups in total. The van der Waals surface area contributed by atoms with Crippen molar-refractivity contribution in [3.8, 4) is 11.8 Å². The number of nitriles is 1. The van der Waals surface area contributed by atoms with Crippen molar-refractivity contribution in [2.45, 2.75) is 38.2 Å². The van der Waals surface area contributed by atoms with E-state index in [0.29, 0.717) is 12.5 Å². The monoisotopic (exact) mass is 258 g/mol. The number of carbonyl (C=O) groups is 1. The quantitative estimate of drug-likeness (QED) is 0.823. The molecule has 0 atom stereocenters. The van der Waals surface area contributed by atoms with Gasteiger partial charge in [-0.15, -0.1) is 0 Å². The molecule has 100 valence electrons. The van der Waals surface area contributed by atoms with Gasteiger partial charge in [0.05, 0.1) is 18.6 Å². The van der Waals surface area contributed by atoms with E-state index in [1.54, 1.807) is 0 Å². The first kappa shape index (κ1) is 13.4. The maximum Gasteiger partial charge on any atom is 0.225 e. The van der Waals surface area contributed by atoms with Crippen LogP contribution in [-0.2, 0) is 11.2 Å². The third-order valence-electron chi connectivity index (χ3n) is 3.26. The van der Waals surface area contributed by atoms with Crippen LogP contribution in [-0.4, -0.2) is 18.6 Å². The van der Waals surface area contributed by atoms with E-state index in [-0.39, 0.29) is 12.5 Å². The van der Waals surface area contributed by atoms with E-state index < -0.39 is 0 Å². The van der Waals surface area contributed by atoms with Gasteiger partial charge in [-0.2, -0.15) is 5.26 Å². The normalized spacial score (nSPS) is 14.9. The van der Waals surface area contributed by atoms with E-state index in [9.17, 15) is 4.79 Å². The van der Waals surface area contributed by atoms with Gasteiger partial charge < -0.3 is 10.1 Å². The Hall–Kier alpha value is -2.02. The summed E-state index contributed by atoms with van der Waals surface area (Å²) in [7, 11) is 0. The fourth-order valence-corrected chi connectivity index (χ4v) is 2.27. The first-order valence-corrected chi connectivity index (χ1v) is 6.67. The van der Waals surface area contributed by atoms with Crippen molar-refractivity contribution in [2.24, 2.45) is 0 Å². The Morgan fingerprint density at radius 2 is 2.00 bits per heavy atom. The molecule has 4 heteroatoms. The zero-order valence-corrected chi connectivity index (χ0v) is 10.9. The largest absolute Gasteiger partial charge is 0.490 e. The molecule has 0 aromatic heterocycles. The van der Waals surface area contributed by atoms with Crippen molar-refractivity contribution in [1.82, 2.24) is 5.32 Å². The summed E-state index contributed by atoms with van der Waals surface area (Å²) >= 11 is 0. The van der Waals surface area contributed by atoms with Crippen LogP contribution in [0.4, 0.5) is 0 Å². The number of nitrogens with zero attached hydrogens (tertiary/aromatic N) is 1. The molecule has 2 rings (SSSR count). The van der Waals surface area contributed by atoms with Crippen molar-refractivity contribution in [1.29, 1.82) is 5.26 Å². The van der Waals surface area contributed by atoms with Crippen LogP contribution in [0, 0.1) is 11.3 Å².